The van der Waals surface area contributed by atoms with Gasteiger partial charge in [0.05, 0.1) is 23.7 Å². The molecule has 12 heteroatoms. The lowest BCUT2D eigenvalue weighted by Crippen LogP contribution is -2.40. The first-order chi connectivity index (χ1) is 18.2. The van der Waals surface area contributed by atoms with Crippen LogP contribution in [0.1, 0.15) is 49.5 Å². The van der Waals surface area contributed by atoms with E-state index in [9.17, 15) is 18.4 Å². The minimum absolute atomic E-state index is 0.00328. The van der Waals surface area contributed by atoms with Gasteiger partial charge in [-0.3, -0.25) is 4.79 Å². The van der Waals surface area contributed by atoms with E-state index in [0.29, 0.717) is 31.6 Å². The van der Waals surface area contributed by atoms with Gasteiger partial charge < -0.3 is 24.4 Å². The number of fused-ring (bicyclic) bond motifs is 1. The maximum absolute atomic E-state index is 15.1. The van der Waals surface area contributed by atoms with Crippen LogP contribution in [0.2, 0.25) is 0 Å². The molecule has 2 fully saturated rings. The number of carbonyl (C=O) groups excluding carboxylic acids is 2. The molecule has 2 amide bonds. The van der Waals surface area contributed by atoms with Crippen molar-refractivity contribution >= 4 is 34.5 Å². The molecule has 0 spiro atoms. The van der Waals surface area contributed by atoms with E-state index < -0.39 is 23.7 Å². The van der Waals surface area contributed by atoms with Crippen LogP contribution in [0.4, 0.5) is 29.5 Å². The first-order valence-corrected chi connectivity index (χ1v) is 12.7. The highest BCUT2D eigenvalue weighted by atomic mass is 19.1. The molecule has 5 rings (SSSR count). The molecule has 9 nitrogen and oxygen atoms in total. The number of nitrogens with zero attached hydrogens (tertiary/aromatic N) is 5. The molecular formula is C26H29F3N6O3. The summed E-state index contributed by atoms with van der Waals surface area (Å²) in [5, 5.41) is 2.93. The molecule has 202 valence electrons. The predicted molar refractivity (Wildman–Crippen MR) is 134 cm³/mol. The molecule has 0 aliphatic carbocycles. The van der Waals surface area contributed by atoms with Crippen molar-refractivity contribution in [3.8, 4) is 0 Å². The van der Waals surface area contributed by atoms with Crippen molar-refractivity contribution in [1.82, 2.24) is 24.3 Å². The fourth-order valence-electron chi connectivity index (χ4n) is 4.98. The van der Waals surface area contributed by atoms with Crippen LogP contribution < -0.4 is 5.32 Å². The molecule has 4 heterocycles. The third-order valence-electron chi connectivity index (χ3n) is 6.90. The number of alkyl halides is 1. The Kier molecular flexibility index (Phi) is 7.13. The highest BCUT2D eigenvalue weighted by Gasteiger charge is 2.29. The fourth-order valence-corrected chi connectivity index (χ4v) is 4.98. The zero-order chi connectivity index (χ0) is 27.0. The molecule has 0 bridgehead atoms. The van der Waals surface area contributed by atoms with Crippen molar-refractivity contribution in [2.75, 3.05) is 31.5 Å². The summed E-state index contributed by atoms with van der Waals surface area (Å²) in [5.41, 5.74) is 0.469. The van der Waals surface area contributed by atoms with Crippen molar-refractivity contribution in [2.24, 2.45) is 0 Å². The SMILES string of the molecule is CC(C)OC(=O)N1CCC(n2cc(F)c3c(Nc4ccc(C(=O)N5CC[C@@H](F)C5)cc4F)ncnc32)CC1. The normalized spacial score (nSPS) is 18.4. The van der Waals surface area contributed by atoms with Gasteiger partial charge in [-0.2, -0.15) is 0 Å². The van der Waals surface area contributed by atoms with Crippen LogP contribution >= 0.6 is 0 Å². The lowest BCUT2D eigenvalue weighted by molar-refractivity contribution is 0.0662. The molecule has 1 atom stereocenters. The Morgan fingerprint density at radius 1 is 1.05 bits per heavy atom. The largest absolute Gasteiger partial charge is 0.447 e. The Bertz CT molecular complexity index is 1360. The van der Waals surface area contributed by atoms with Gasteiger partial charge in [0.25, 0.3) is 5.91 Å². The number of nitrogens with one attached hydrogen (secondary N) is 1. The molecule has 0 saturated carbocycles. The quantitative estimate of drug-likeness (QED) is 0.509. The number of likely N-dealkylation sites (tertiary alicyclic amines) is 2. The smallest absolute Gasteiger partial charge is 0.410 e. The van der Waals surface area contributed by atoms with Crippen LogP contribution in [0.5, 0.6) is 0 Å². The van der Waals surface area contributed by atoms with Crippen LogP contribution in [0, 0.1) is 11.6 Å². The molecule has 2 aliphatic heterocycles. The minimum Gasteiger partial charge on any atom is -0.447 e. The van der Waals surface area contributed by atoms with Gasteiger partial charge in [0, 0.05) is 37.4 Å². The van der Waals surface area contributed by atoms with Gasteiger partial charge in [-0.25, -0.2) is 27.9 Å². The predicted octanol–water partition coefficient (Wildman–Crippen LogP) is 4.82. The average molecular weight is 531 g/mol. The summed E-state index contributed by atoms with van der Waals surface area (Å²) in [5.74, 6) is -1.64. The van der Waals surface area contributed by atoms with Gasteiger partial charge in [0.2, 0.25) is 0 Å². The molecule has 3 aromatic rings. The summed E-state index contributed by atoms with van der Waals surface area (Å²) in [6, 6.07) is 3.80. The summed E-state index contributed by atoms with van der Waals surface area (Å²) in [6.07, 6.45) is 2.43. The number of ether oxygens (including phenoxy) is 1. The van der Waals surface area contributed by atoms with E-state index in [4.69, 9.17) is 4.74 Å². The minimum atomic E-state index is -1.07. The Morgan fingerprint density at radius 3 is 2.45 bits per heavy atom. The third-order valence-corrected chi connectivity index (χ3v) is 6.90. The fraction of sp³-hybridized carbons (Fsp3) is 0.462. The molecule has 0 unspecified atom stereocenters. The Balaban J connectivity index is 1.33. The van der Waals surface area contributed by atoms with Crippen LogP contribution in [-0.2, 0) is 4.74 Å². The number of hydrogen-bond acceptors (Lipinski definition) is 6. The monoisotopic (exact) mass is 530 g/mol. The van der Waals surface area contributed by atoms with E-state index in [2.05, 4.69) is 15.3 Å². The molecule has 1 aromatic carbocycles. The first-order valence-electron chi connectivity index (χ1n) is 12.7. The molecule has 2 aliphatic rings. The summed E-state index contributed by atoms with van der Waals surface area (Å²) >= 11 is 0. The lowest BCUT2D eigenvalue weighted by atomic mass is 10.1. The number of halogens is 3. The van der Waals surface area contributed by atoms with E-state index in [1.54, 1.807) is 23.3 Å². The van der Waals surface area contributed by atoms with Crippen molar-refractivity contribution < 1.29 is 27.5 Å². The molecule has 38 heavy (non-hydrogen) atoms. The number of aromatic nitrogens is 3. The second-order valence-electron chi connectivity index (χ2n) is 9.91. The summed E-state index contributed by atoms with van der Waals surface area (Å²) in [6.45, 7) is 4.80. The van der Waals surface area contributed by atoms with Crippen LogP contribution in [0.25, 0.3) is 11.0 Å². The number of benzene rings is 1. The van der Waals surface area contributed by atoms with Crippen molar-refractivity contribution in [2.45, 2.75) is 51.4 Å². The molecular weight excluding hydrogens is 501 g/mol. The lowest BCUT2D eigenvalue weighted by Gasteiger charge is -2.32. The van der Waals surface area contributed by atoms with Crippen molar-refractivity contribution in [1.29, 1.82) is 0 Å². The maximum atomic E-state index is 15.1. The van der Waals surface area contributed by atoms with Gasteiger partial charge in [-0.1, -0.05) is 0 Å². The van der Waals surface area contributed by atoms with Gasteiger partial charge in [0.1, 0.15) is 29.8 Å². The summed E-state index contributed by atoms with van der Waals surface area (Å²) in [4.78, 5) is 36.1. The number of anilines is 2. The van der Waals surface area contributed by atoms with Crippen LogP contribution in [-0.4, -0.2) is 74.8 Å². The molecule has 2 saturated heterocycles. The second kappa shape index (κ2) is 10.5. The molecule has 2 aromatic heterocycles. The standard InChI is InChI=1S/C26H29F3N6O3/c1-15(2)38-26(37)33-9-6-18(7-10-33)35-13-20(29)22-23(30-14-31-24(22)35)32-21-4-3-16(11-19(21)28)25(36)34-8-5-17(27)12-34/h3-4,11,13-15,17-18H,5-10,12H2,1-2H3,(H,30,31,32)/t17-/m1/s1. The Labute approximate surface area is 217 Å². The molecule has 1 N–H and O–H groups in total. The molecule has 0 radical (unpaired) electrons. The number of carbonyl (C=O) groups is 2. The van der Waals surface area contributed by atoms with Crippen molar-refractivity contribution in [3.63, 3.8) is 0 Å². The Hall–Kier alpha value is -3.83. The van der Waals surface area contributed by atoms with Gasteiger partial charge in [-0.05, 0) is 51.3 Å². The third kappa shape index (κ3) is 5.11. The van der Waals surface area contributed by atoms with Crippen LogP contribution in [0.3, 0.4) is 0 Å². The number of rotatable bonds is 5. The zero-order valence-electron chi connectivity index (χ0n) is 21.2. The van der Waals surface area contributed by atoms with Gasteiger partial charge in [0.15, 0.2) is 5.82 Å². The number of piperidine rings is 1. The highest BCUT2D eigenvalue weighted by molar-refractivity contribution is 5.95. The number of amides is 2. The summed E-state index contributed by atoms with van der Waals surface area (Å²) < 4.78 is 50.6. The average Bonchev–Trinajstić information content (AvgIpc) is 3.48. The topological polar surface area (TPSA) is 92.6 Å². The van der Waals surface area contributed by atoms with E-state index in [-0.39, 0.29) is 60.2 Å². The Morgan fingerprint density at radius 2 is 1.79 bits per heavy atom. The van der Waals surface area contributed by atoms with E-state index in [0.717, 1.165) is 6.07 Å². The van der Waals surface area contributed by atoms with Gasteiger partial charge >= 0.3 is 6.09 Å². The van der Waals surface area contributed by atoms with Crippen LogP contribution in [0.15, 0.2) is 30.7 Å². The van der Waals surface area contributed by atoms with Gasteiger partial charge in [-0.15, -0.1) is 0 Å². The second-order valence-corrected chi connectivity index (χ2v) is 9.91. The van der Waals surface area contributed by atoms with Crippen molar-refractivity contribution in [3.05, 3.63) is 47.9 Å². The number of hydrogen-bond donors (Lipinski definition) is 1. The maximum Gasteiger partial charge on any atom is 0.410 e. The zero-order valence-corrected chi connectivity index (χ0v) is 21.2. The van der Waals surface area contributed by atoms with E-state index in [1.807, 2.05) is 0 Å². The first kappa shape index (κ1) is 25.8. The highest BCUT2D eigenvalue weighted by Crippen LogP contribution is 2.33. The summed E-state index contributed by atoms with van der Waals surface area (Å²) in [7, 11) is 0. The van der Waals surface area contributed by atoms with E-state index in [1.165, 1.54) is 29.6 Å². The van der Waals surface area contributed by atoms with E-state index >= 15 is 4.39 Å².